The minimum absolute atomic E-state index is 0.150. The molecule has 1 unspecified atom stereocenters. The largest absolute Gasteiger partial charge is 0.481 e. The normalized spacial score (nSPS) is 20.1. The highest BCUT2D eigenvalue weighted by atomic mass is 19.1. The van der Waals surface area contributed by atoms with Crippen molar-refractivity contribution in [1.82, 2.24) is 10.2 Å². The number of Topliss-reactive ketones (excluding diaryl/α,β-unsaturated/α-hetero) is 1. The van der Waals surface area contributed by atoms with Crippen LogP contribution in [0.2, 0.25) is 0 Å². The number of fused-ring (bicyclic) bond motifs is 1. The highest BCUT2D eigenvalue weighted by Crippen LogP contribution is 2.34. The average Bonchev–Trinajstić information content (AvgIpc) is 3.03. The summed E-state index contributed by atoms with van der Waals surface area (Å²) in [6.07, 6.45) is -0.442. The van der Waals surface area contributed by atoms with Gasteiger partial charge in [-0.2, -0.15) is 0 Å². The number of halogens is 1. The zero-order valence-corrected chi connectivity index (χ0v) is 11.5. The molecule has 0 spiro atoms. The first kappa shape index (κ1) is 14.2. The van der Waals surface area contributed by atoms with Gasteiger partial charge < -0.3 is 10.4 Å². The summed E-state index contributed by atoms with van der Waals surface area (Å²) in [5.74, 6) is -3.08. The van der Waals surface area contributed by atoms with E-state index in [1.165, 1.54) is 17.0 Å². The zero-order valence-electron chi connectivity index (χ0n) is 11.5. The lowest BCUT2D eigenvalue weighted by atomic mass is 9.91. The van der Waals surface area contributed by atoms with E-state index in [2.05, 4.69) is 5.32 Å². The van der Waals surface area contributed by atoms with Crippen LogP contribution in [-0.2, 0) is 9.59 Å². The van der Waals surface area contributed by atoms with Gasteiger partial charge in [-0.1, -0.05) is 0 Å². The number of ketones is 1. The number of aliphatic carboxylic acids is 1. The molecule has 1 aromatic carbocycles. The van der Waals surface area contributed by atoms with Crippen LogP contribution in [0.5, 0.6) is 0 Å². The number of hydrogen-bond acceptors (Lipinski definition) is 4. The Labute approximate surface area is 125 Å². The maximum atomic E-state index is 13.0. The second kappa shape index (κ2) is 5.25. The summed E-state index contributed by atoms with van der Waals surface area (Å²) in [6.45, 7) is 0.922. The Bertz CT molecular complexity index is 696. The molecule has 1 aromatic rings. The fourth-order valence-corrected chi connectivity index (χ4v) is 2.82. The molecule has 6 nitrogen and oxygen atoms in total. The van der Waals surface area contributed by atoms with Crippen molar-refractivity contribution >= 4 is 17.7 Å². The van der Waals surface area contributed by atoms with Gasteiger partial charge >= 0.3 is 5.97 Å². The lowest BCUT2D eigenvalue weighted by Gasteiger charge is -2.12. The number of hydrogen-bond donors (Lipinski definition) is 2. The molecule has 0 radical (unpaired) electrons. The van der Waals surface area contributed by atoms with Crippen molar-refractivity contribution in [1.29, 1.82) is 0 Å². The molecule has 0 saturated carbocycles. The monoisotopic (exact) mass is 304 g/mol. The molecule has 0 aromatic heterocycles. The first-order chi connectivity index (χ1) is 10.5. The molecule has 2 aliphatic rings. The lowest BCUT2D eigenvalue weighted by molar-refractivity contribution is -0.141. The van der Waals surface area contributed by atoms with E-state index in [1.54, 1.807) is 0 Å². The average molecular weight is 304 g/mol. The van der Waals surface area contributed by atoms with Crippen LogP contribution in [0.1, 0.15) is 16.8 Å². The Morgan fingerprint density at radius 2 is 2.00 bits per heavy atom. The lowest BCUT2D eigenvalue weighted by Crippen LogP contribution is -2.29. The highest BCUT2D eigenvalue weighted by molar-refractivity contribution is 6.15. The van der Waals surface area contributed by atoms with Gasteiger partial charge in [0.2, 0.25) is 5.91 Å². The highest BCUT2D eigenvalue weighted by Gasteiger charge is 2.45. The van der Waals surface area contributed by atoms with Crippen LogP contribution in [0, 0.1) is 11.7 Å². The van der Waals surface area contributed by atoms with Crippen LogP contribution in [0.25, 0.3) is 0 Å². The predicted octanol–water partition coefficient (Wildman–Crippen LogP) is 0.756. The third kappa shape index (κ3) is 2.24. The number of nitrogens with zero attached hydrogens (tertiary/aromatic N) is 1. The number of carboxylic acids is 1. The summed E-state index contributed by atoms with van der Waals surface area (Å²) in [6, 6.07) is 4.96. The van der Waals surface area contributed by atoms with Crippen molar-refractivity contribution in [2.24, 2.45) is 5.92 Å². The second-order valence-electron chi connectivity index (χ2n) is 5.17. The molecule has 2 heterocycles. The molecule has 3 rings (SSSR count). The van der Waals surface area contributed by atoms with Crippen LogP contribution in [0.3, 0.4) is 0 Å². The first-order valence-corrected chi connectivity index (χ1v) is 6.80. The Morgan fingerprint density at radius 1 is 1.32 bits per heavy atom. The standard InChI is InChI=1S/C15H13FN2O4/c16-9-3-1-8(2-4-9)13(21)12-10(7-11(19)20)15(22)18-6-5-17-14(12)18/h1-4,10,17H,5-7H2,(H,19,20). The first-order valence-electron chi connectivity index (χ1n) is 6.80. The van der Waals surface area contributed by atoms with E-state index in [4.69, 9.17) is 5.11 Å². The smallest absolute Gasteiger partial charge is 0.304 e. The molecule has 1 amide bonds. The van der Waals surface area contributed by atoms with Crippen molar-refractivity contribution in [3.63, 3.8) is 0 Å². The third-order valence-corrected chi connectivity index (χ3v) is 3.80. The quantitative estimate of drug-likeness (QED) is 0.802. The fourth-order valence-electron chi connectivity index (χ4n) is 2.82. The van der Waals surface area contributed by atoms with Crippen LogP contribution in [0.4, 0.5) is 4.39 Å². The van der Waals surface area contributed by atoms with E-state index >= 15 is 0 Å². The Kier molecular flexibility index (Phi) is 3.40. The molecule has 0 aliphatic carbocycles. The van der Waals surface area contributed by atoms with E-state index in [0.29, 0.717) is 18.9 Å². The van der Waals surface area contributed by atoms with Gasteiger partial charge in [0.15, 0.2) is 5.78 Å². The van der Waals surface area contributed by atoms with Gasteiger partial charge in [0.05, 0.1) is 17.9 Å². The van der Waals surface area contributed by atoms with Crippen LogP contribution in [0.15, 0.2) is 35.7 Å². The Morgan fingerprint density at radius 3 is 2.64 bits per heavy atom. The van der Waals surface area contributed by atoms with E-state index in [0.717, 1.165) is 12.1 Å². The molecule has 114 valence electrons. The number of carbonyl (C=O) groups is 3. The molecular formula is C15H13FN2O4. The molecule has 1 fully saturated rings. The number of carbonyl (C=O) groups excluding carboxylic acids is 2. The van der Waals surface area contributed by atoms with E-state index in [9.17, 15) is 18.8 Å². The van der Waals surface area contributed by atoms with Crippen molar-refractivity contribution in [2.45, 2.75) is 6.42 Å². The minimum atomic E-state index is -1.15. The zero-order chi connectivity index (χ0) is 15.9. The van der Waals surface area contributed by atoms with Crippen LogP contribution in [-0.4, -0.2) is 40.8 Å². The topological polar surface area (TPSA) is 86.7 Å². The van der Waals surface area contributed by atoms with E-state index < -0.39 is 29.9 Å². The third-order valence-electron chi connectivity index (χ3n) is 3.80. The van der Waals surface area contributed by atoms with Crippen molar-refractivity contribution in [3.8, 4) is 0 Å². The maximum absolute atomic E-state index is 13.0. The van der Waals surface area contributed by atoms with Gasteiger partial charge in [-0.25, -0.2) is 4.39 Å². The van der Waals surface area contributed by atoms with Gasteiger partial charge in [0.25, 0.3) is 0 Å². The number of nitrogens with one attached hydrogen (secondary N) is 1. The van der Waals surface area contributed by atoms with Gasteiger partial charge in [0, 0.05) is 18.7 Å². The summed E-state index contributed by atoms with van der Waals surface area (Å²) in [7, 11) is 0. The van der Waals surface area contributed by atoms with Gasteiger partial charge in [-0.15, -0.1) is 0 Å². The molecule has 2 N–H and O–H groups in total. The summed E-state index contributed by atoms with van der Waals surface area (Å²) in [5.41, 5.74) is 0.374. The number of rotatable bonds is 4. The van der Waals surface area contributed by atoms with Crippen molar-refractivity contribution in [3.05, 3.63) is 47.0 Å². The fraction of sp³-hybridized carbons (Fsp3) is 0.267. The Hall–Kier alpha value is -2.70. The minimum Gasteiger partial charge on any atom is -0.481 e. The molecule has 22 heavy (non-hydrogen) atoms. The summed E-state index contributed by atoms with van der Waals surface area (Å²) in [4.78, 5) is 37.3. The summed E-state index contributed by atoms with van der Waals surface area (Å²) < 4.78 is 13.0. The number of carboxylic acid groups (broad SMARTS) is 1. The molecule has 1 atom stereocenters. The van der Waals surface area contributed by atoms with Crippen molar-refractivity contribution in [2.75, 3.05) is 13.1 Å². The van der Waals surface area contributed by atoms with Crippen LogP contribution >= 0.6 is 0 Å². The van der Waals surface area contributed by atoms with E-state index in [-0.39, 0.29) is 17.0 Å². The van der Waals surface area contributed by atoms with Gasteiger partial charge in [-0.3, -0.25) is 19.3 Å². The Balaban J connectivity index is 2.02. The molecule has 7 heteroatoms. The molecular weight excluding hydrogens is 291 g/mol. The van der Waals surface area contributed by atoms with Crippen molar-refractivity contribution < 1.29 is 23.9 Å². The van der Waals surface area contributed by atoms with Crippen LogP contribution < -0.4 is 5.32 Å². The number of amides is 1. The maximum Gasteiger partial charge on any atom is 0.304 e. The molecule has 2 aliphatic heterocycles. The second-order valence-corrected chi connectivity index (χ2v) is 5.17. The van der Waals surface area contributed by atoms with Gasteiger partial charge in [-0.05, 0) is 24.3 Å². The predicted molar refractivity (Wildman–Crippen MR) is 73.2 cm³/mol. The SMILES string of the molecule is O=C(O)CC1C(=O)N2CCNC2=C1C(=O)c1ccc(F)cc1. The van der Waals surface area contributed by atoms with Gasteiger partial charge in [0.1, 0.15) is 11.6 Å². The summed E-state index contributed by atoms with van der Waals surface area (Å²) in [5, 5.41) is 11.9. The van der Waals surface area contributed by atoms with E-state index in [1.807, 2.05) is 0 Å². The molecule has 1 saturated heterocycles. The summed E-state index contributed by atoms with van der Waals surface area (Å²) >= 11 is 0. The molecule has 0 bridgehead atoms. The number of benzene rings is 1.